The normalized spacial score (nSPS) is 25.1. The maximum Gasteiger partial charge on any atom is 0.329 e. The molecule has 0 aromatic heterocycles. The molecule has 0 saturated carbocycles. The molecular weight excluding hydrogens is 881 g/mol. The van der Waals surface area contributed by atoms with Gasteiger partial charge in [-0.1, -0.05) is 77.8 Å². The summed E-state index contributed by atoms with van der Waals surface area (Å²) >= 11 is 0. The van der Waals surface area contributed by atoms with E-state index >= 15 is 0 Å². The summed E-state index contributed by atoms with van der Waals surface area (Å²) in [6, 6.07) is -1.13. The van der Waals surface area contributed by atoms with Crippen molar-refractivity contribution >= 4 is 53.3 Å². The molecule has 9 atom stereocenters. The fourth-order valence-electron chi connectivity index (χ4n) is 8.30. The number of carbonyl (C=O) groups is 9. The number of piperidine rings is 1. The number of rotatable bonds is 19. The fraction of sp³-hybridized carbons (Fsp3) is 0.688. The monoisotopic (exact) mass is 957 g/mol. The van der Waals surface area contributed by atoms with E-state index in [0.29, 0.717) is 37.8 Å². The van der Waals surface area contributed by atoms with Crippen LogP contribution >= 0.6 is 0 Å². The molecule has 2 fully saturated rings. The standard InChI is InChI=1S/C48H76N8O12/c1-10-11-13-21-37(57)49-34(27-39(59)60)43(62)53-41-30(6)68-48(67)40(29(4)5)52-44(63)35(26-31-18-14-12-15-19-31)55(9)47(66)36(25-28(2)3)56-38(58)23-22-33(46(56)65)51-42(61)32(50-45(41)64)20-16-17-24-54(7)8/h12,14-15,18-19,28-30,32-36,38,40-41,58H,10-11,13,16-17,20-27H2,1-9H3,(H,49,57)(H,50,64)(H,51,61)(H,52,63)(H,53,62)(H,59,60)/t30-,32+,33?,34?,35+,36+,38?,40?,41+/m1/s1. The third kappa shape index (κ3) is 17.2. The van der Waals surface area contributed by atoms with Gasteiger partial charge in [0.25, 0.3) is 0 Å². The number of aliphatic hydroxyl groups excluding tert-OH is 1. The van der Waals surface area contributed by atoms with Gasteiger partial charge >= 0.3 is 11.9 Å². The Morgan fingerprint density at radius 3 is 2.15 bits per heavy atom. The molecule has 20 heteroatoms. The lowest BCUT2D eigenvalue weighted by molar-refractivity contribution is -0.166. The predicted octanol–water partition coefficient (Wildman–Crippen LogP) is 1.22. The Morgan fingerprint density at radius 2 is 1.54 bits per heavy atom. The van der Waals surface area contributed by atoms with Crippen molar-refractivity contribution in [3.63, 3.8) is 0 Å². The highest BCUT2D eigenvalue weighted by molar-refractivity contribution is 5.98. The molecular formula is C48H76N8O12. The molecule has 1 aromatic rings. The summed E-state index contributed by atoms with van der Waals surface area (Å²) in [5.41, 5.74) is 0.666. The van der Waals surface area contributed by atoms with E-state index < -0.39 is 120 Å². The van der Waals surface area contributed by atoms with E-state index in [-0.39, 0.29) is 44.4 Å². The maximum atomic E-state index is 14.8. The lowest BCUT2D eigenvalue weighted by atomic mass is 9.94. The molecule has 0 aliphatic carbocycles. The molecule has 4 unspecified atom stereocenters. The second-order valence-electron chi connectivity index (χ2n) is 19.1. The number of unbranched alkanes of at least 4 members (excludes halogenated alkanes) is 3. The van der Waals surface area contributed by atoms with Crippen molar-refractivity contribution in [2.75, 3.05) is 27.7 Å². The van der Waals surface area contributed by atoms with Gasteiger partial charge in [0.05, 0.1) is 6.42 Å². The number of ether oxygens (including phenoxy) is 1. The number of amides is 7. The first kappa shape index (κ1) is 56.7. The Bertz CT molecular complexity index is 1900. The third-order valence-corrected chi connectivity index (χ3v) is 12.2. The van der Waals surface area contributed by atoms with Gasteiger partial charge in [-0.05, 0) is 89.9 Å². The molecule has 380 valence electrons. The summed E-state index contributed by atoms with van der Waals surface area (Å²) in [5, 5.41) is 34.2. The van der Waals surface area contributed by atoms with Gasteiger partial charge in [-0.3, -0.25) is 38.4 Å². The zero-order valence-corrected chi connectivity index (χ0v) is 41.2. The first-order valence-electron chi connectivity index (χ1n) is 23.9. The van der Waals surface area contributed by atoms with Crippen molar-refractivity contribution in [2.45, 2.75) is 173 Å². The average Bonchev–Trinajstić information content (AvgIpc) is 3.26. The van der Waals surface area contributed by atoms with Gasteiger partial charge in [0.1, 0.15) is 54.6 Å². The minimum atomic E-state index is -1.80. The maximum absolute atomic E-state index is 14.8. The molecule has 2 heterocycles. The highest BCUT2D eigenvalue weighted by Crippen LogP contribution is 2.26. The molecule has 2 bridgehead atoms. The van der Waals surface area contributed by atoms with Crippen LogP contribution in [0.3, 0.4) is 0 Å². The van der Waals surface area contributed by atoms with Crippen molar-refractivity contribution in [2.24, 2.45) is 11.8 Å². The highest BCUT2D eigenvalue weighted by atomic mass is 16.5. The third-order valence-electron chi connectivity index (χ3n) is 12.2. The largest absolute Gasteiger partial charge is 0.481 e. The second-order valence-corrected chi connectivity index (χ2v) is 19.1. The van der Waals surface area contributed by atoms with Gasteiger partial charge in [0, 0.05) is 19.9 Å². The number of carboxylic acid groups (broad SMARTS) is 1. The van der Waals surface area contributed by atoms with Crippen LogP contribution in [-0.4, -0.2) is 161 Å². The molecule has 7 N–H and O–H groups in total. The van der Waals surface area contributed by atoms with Crippen LogP contribution < -0.4 is 26.6 Å². The zero-order chi connectivity index (χ0) is 50.8. The van der Waals surface area contributed by atoms with Crippen LogP contribution in [-0.2, 0) is 54.3 Å². The quantitative estimate of drug-likeness (QED) is 0.0761. The first-order valence-corrected chi connectivity index (χ1v) is 23.9. The molecule has 20 nitrogen and oxygen atoms in total. The van der Waals surface area contributed by atoms with E-state index in [1.807, 2.05) is 39.8 Å². The Labute approximate surface area is 400 Å². The summed E-state index contributed by atoms with van der Waals surface area (Å²) in [7, 11) is 5.15. The number of nitrogens with one attached hydrogen (secondary N) is 5. The number of hydrogen-bond donors (Lipinski definition) is 7. The number of carboxylic acids is 1. The molecule has 2 aliphatic rings. The smallest absolute Gasteiger partial charge is 0.329 e. The van der Waals surface area contributed by atoms with Crippen molar-refractivity contribution in [1.29, 1.82) is 0 Å². The fourth-order valence-corrected chi connectivity index (χ4v) is 8.30. The SMILES string of the molecule is CCCCCC(=O)NC(CC(=O)O)C(=O)N[C@@H]1C(=O)N[C@@H](CCCCN(C)C)C(=O)NC2CCC(O)N(C2=O)[C@@H](CC(C)C)C(=O)N(C)[C@@H](Cc2ccccc2)C(=O)NC(C(C)C)C(=O)O[C@@H]1C. The van der Waals surface area contributed by atoms with E-state index in [0.717, 1.165) is 11.3 Å². The van der Waals surface area contributed by atoms with Crippen LogP contribution in [0.25, 0.3) is 0 Å². The number of benzene rings is 1. The molecule has 68 heavy (non-hydrogen) atoms. The Balaban J connectivity index is 2.22. The average molecular weight is 957 g/mol. The van der Waals surface area contributed by atoms with Crippen molar-refractivity contribution in [3.05, 3.63) is 35.9 Å². The van der Waals surface area contributed by atoms with Gasteiger partial charge in [-0.15, -0.1) is 0 Å². The number of fused-ring (bicyclic) bond motifs is 2. The molecule has 2 aliphatic heterocycles. The van der Waals surface area contributed by atoms with Gasteiger partial charge in [0.2, 0.25) is 41.4 Å². The number of hydrogen-bond acceptors (Lipinski definition) is 12. The first-order chi connectivity index (χ1) is 32.0. The van der Waals surface area contributed by atoms with Crippen molar-refractivity contribution < 1.29 is 58.1 Å². The summed E-state index contributed by atoms with van der Waals surface area (Å²) in [6.45, 7) is 10.8. The van der Waals surface area contributed by atoms with Crippen LogP contribution in [0.1, 0.15) is 118 Å². The molecule has 7 amide bonds. The molecule has 0 spiro atoms. The zero-order valence-electron chi connectivity index (χ0n) is 41.2. The van der Waals surface area contributed by atoms with Gasteiger partial charge in [-0.25, -0.2) is 4.79 Å². The van der Waals surface area contributed by atoms with E-state index in [4.69, 9.17) is 4.74 Å². The van der Waals surface area contributed by atoms with E-state index in [9.17, 15) is 53.4 Å². The lowest BCUT2D eigenvalue weighted by Crippen LogP contribution is -2.65. The molecule has 2 saturated heterocycles. The van der Waals surface area contributed by atoms with E-state index in [1.165, 1.54) is 18.9 Å². The topological polar surface area (TPSA) is 273 Å². The van der Waals surface area contributed by atoms with Crippen LogP contribution in [0, 0.1) is 11.8 Å². The number of esters is 1. The number of aliphatic carboxylic acids is 1. The van der Waals surface area contributed by atoms with Crippen molar-refractivity contribution in [1.82, 2.24) is 41.3 Å². The summed E-state index contributed by atoms with van der Waals surface area (Å²) in [6.07, 6.45) is -0.734. The molecule has 0 radical (unpaired) electrons. The van der Waals surface area contributed by atoms with Crippen LogP contribution in [0.15, 0.2) is 30.3 Å². The predicted molar refractivity (Wildman–Crippen MR) is 251 cm³/mol. The van der Waals surface area contributed by atoms with Crippen LogP contribution in [0.2, 0.25) is 0 Å². The lowest BCUT2D eigenvalue weighted by Gasteiger charge is -2.43. The summed E-state index contributed by atoms with van der Waals surface area (Å²) in [4.78, 5) is 130. The number of nitrogens with zero attached hydrogens (tertiary/aromatic N) is 3. The number of likely N-dealkylation sites (N-methyl/N-ethyl adjacent to an activating group) is 1. The van der Waals surface area contributed by atoms with Gasteiger partial charge in [0.15, 0.2) is 0 Å². The van der Waals surface area contributed by atoms with Gasteiger partial charge < -0.3 is 56.2 Å². The van der Waals surface area contributed by atoms with Gasteiger partial charge in [-0.2, -0.15) is 0 Å². The Hall–Kier alpha value is -5.63. The highest BCUT2D eigenvalue weighted by Gasteiger charge is 2.46. The van der Waals surface area contributed by atoms with E-state index in [2.05, 4.69) is 26.6 Å². The molecule has 1 aromatic carbocycles. The number of cyclic esters (lactones) is 1. The minimum Gasteiger partial charge on any atom is -0.481 e. The Kier molecular flexibility index (Phi) is 22.8. The van der Waals surface area contributed by atoms with Crippen LogP contribution in [0.5, 0.6) is 0 Å². The second kappa shape index (κ2) is 27.4. The summed E-state index contributed by atoms with van der Waals surface area (Å²) < 4.78 is 5.86. The van der Waals surface area contributed by atoms with Crippen LogP contribution in [0.4, 0.5) is 0 Å². The van der Waals surface area contributed by atoms with E-state index in [1.54, 1.807) is 44.2 Å². The van der Waals surface area contributed by atoms with Crippen molar-refractivity contribution in [3.8, 4) is 0 Å². The molecule has 3 rings (SSSR count). The minimum absolute atomic E-state index is 0.0108. The summed E-state index contributed by atoms with van der Waals surface area (Å²) in [5.74, 6) is -8.91. The number of carbonyl (C=O) groups excluding carboxylic acids is 8. The number of aliphatic hydroxyl groups is 1. The Morgan fingerprint density at radius 1 is 0.868 bits per heavy atom.